The van der Waals surface area contributed by atoms with Crippen LogP contribution in [-0.4, -0.2) is 82.0 Å². The Morgan fingerprint density at radius 3 is 2.30 bits per heavy atom. The lowest BCUT2D eigenvalue weighted by Gasteiger charge is -2.29. The van der Waals surface area contributed by atoms with Gasteiger partial charge in [-0.1, -0.05) is 13.8 Å². The Morgan fingerprint density at radius 1 is 1.17 bits per heavy atom. The summed E-state index contributed by atoms with van der Waals surface area (Å²) in [6.45, 7) is 3.09. The van der Waals surface area contributed by atoms with Crippen molar-refractivity contribution in [1.82, 2.24) is 15.5 Å². The summed E-state index contributed by atoms with van der Waals surface area (Å²) in [4.78, 5) is 61.2. The number of aliphatic hydroxyl groups is 1. The number of aliphatic carboxylic acids is 1. The molecular weight excluding hydrogens is 398 g/mol. The van der Waals surface area contributed by atoms with Crippen LogP contribution in [0.15, 0.2) is 0 Å². The molecule has 4 unspecified atom stereocenters. The topological polar surface area (TPSA) is 205 Å². The number of carboxylic acid groups (broad SMARTS) is 1. The number of carboxylic acids is 1. The average molecular weight is 429 g/mol. The number of carbonyl (C=O) groups is 5. The van der Waals surface area contributed by atoms with Crippen molar-refractivity contribution in [2.24, 2.45) is 17.4 Å². The predicted molar refractivity (Wildman–Crippen MR) is 105 cm³/mol. The maximum Gasteiger partial charge on any atom is 0.326 e. The zero-order valence-electron chi connectivity index (χ0n) is 17.2. The van der Waals surface area contributed by atoms with Crippen LogP contribution in [0.4, 0.5) is 0 Å². The normalized spacial score (nSPS) is 19.1. The molecule has 0 aromatic carbocycles. The first-order valence-electron chi connectivity index (χ1n) is 9.78. The second-order valence-electron chi connectivity index (χ2n) is 7.61. The number of nitrogens with one attached hydrogen (secondary N) is 2. The Kier molecular flexibility index (Phi) is 9.66. The average Bonchev–Trinajstić information content (AvgIpc) is 3.16. The van der Waals surface area contributed by atoms with Gasteiger partial charge in [-0.25, -0.2) is 4.79 Å². The molecule has 0 saturated carbocycles. The van der Waals surface area contributed by atoms with Gasteiger partial charge in [0.25, 0.3) is 0 Å². The number of hydrogen-bond acceptors (Lipinski definition) is 7. The Balaban J connectivity index is 2.85. The third-order valence-electron chi connectivity index (χ3n) is 4.89. The SMILES string of the molecule is CC(C)C(NC(=O)C1CCCN1C(=O)C(N)CO)C(=O)NC(CCC(N)=O)C(=O)O. The van der Waals surface area contributed by atoms with Crippen LogP contribution in [0.1, 0.15) is 39.5 Å². The molecule has 12 nitrogen and oxygen atoms in total. The molecule has 0 bridgehead atoms. The van der Waals surface area contributed by atoms with Crippen LogP contribution in [0, 0.1) is 5.92 Å². The minimum absolute atomic E-state index is 0.181. The van der Waals surface area contributed by atoms with Gasteiger partial charge in [0, 0.05) is 13.0 Å². The van der Waals surface area contributed by atoms with Gasteiger partial charge in [0.15, 0.2) is 0 Å². The minimum Gasteiger partial charge on any atom is -0.480 e. The van der Waals surface area contributed by atoms with Gasteiger partial charge in [0.1, 0.15) is 24.2 Å². The number of nitrogens with zero attached hydrogens (tertiary/aromatic N) is 1. The lowest BCUT2D eigenvalue weighted by Crippen LogP contribution is -2.58. The molecule has 0 aromatic heterocycles. The second-order valence-corrected chi connectivity index (χ2v) is 7.61. The van der Waals surface area contributed by atoms with Crippen LogP contribution in [-0.2, 0) is 24.0 Å². The van der Waals surface area contributed by atoms with Gasteiger partial charge in [-0.05, 0) is 25.2 Å². The first-order valence-corrected chi connectivity index (χ1v) is 9.78. The quantitative estimate of drug-likeness (QED) is 0.203. The molecule has 0 aliphatic carbocycles. The first-order chi connectivity index (χ1) is 14.0. The Bertz CT molecular complexity index is 669. The number of rotatable bonds is 11. The number of aliphatic hydroxyl groups excluding tert-OH is 1. The van der Waals surface area contributed by atoms with Crippen molar-refractivity contribution in [2.45, 2.75) is 63.7 Å². The van der Waals surface area contributed by atoms with Crippen LogP contribution in [0.25, 0.3) is 0 Å². The maximum atomic E-state index is 12.8. The number of amides is 4. The van der Waals surface area contributed by atoms with Crippen LogP contribution in [0.2, 0.25) is 0 Å². The predicted octanol–water partition coefficient (Wildman–Crippen LogP) is -2.73. The molecule has 4 atom stereocenters. The van der Waals surface area contributed by atoms with E-state index in [-0.39, 0.29) is 18.8 Å². The fraction of sp³-hybridized carbons (Fsp3) is 0.722. The molecule has 0 aromatic rings. The van der Waals surface area contributed by atoms with Crippen molar-refractivity contribution < 1.29 is 34.2 Å². The molecule has 1 aliphatic heterocycles. The van der Waals surface area contributed by atoms with Gasteiger partial charge in [0.2, 0.25) is 23.6 Å². The summed E-state index contributed by atoms with van der Waals surface area (Å²) < 4.78 is 0. The van der Waals surface area contributed by atoms with Gasteiger partial charge in [0.05, 0.1) is 6.61 Å². The highest BCUT2D eigenvalue weighted by Crippen LogP contribution is 2.19. The van der Waals surface area contributed by atoms with Crippen molar-refractivity contribution in [2.75, 3.05) is 13.2 Å². The summed E-state index contributed by atoms with van der Waals surface area (Å²) in [5.74, 6) is -4.26. The molecule has 1 heterocycles. The highest BCUT2D eigenvalue weighted by Gasteiger charge is 2.38. The number of nitrogens with two attached hydrogens (primary N) is 2. The molecule has 1 saturated heterocycles. The van der Waals surface area contributed by atoms with Crippen molar-refractivity contribution in [1.29, 1.82) is 0 Å². The van der Waals surface area contributed by atoms with E-state index in [1.165, 1.54) is 4.90 Å². The van der Waals surface area contributed by atoms with Crippen LogP contribution < -0.4 is 22.1 Å². The van der Waals surface area contributed by atoms with E-state index in [2.05, 4.69) is 10.6 Å². The summed E-state index contributed by atoms with van der Waals surface area (Å²) in [5.41, 5.74) is 10.6. The van der Waals surface area contributed by atoms with E-state index in [0.29, 0.717) is 19.4 Å². The smallest absolute Gasteiger partial charge is 0.326 e. The zero-order chi connectivity index (χ0) is 23.0. The summed E-state index contributed by atoms with van der Waals surface area (Å²) in [6.07, 6.45) is 0.534. The first kappa shape index (κ1) is 25.3. The largest absolute Gasteiger partial charge is 0.480 e. The van der Waals surface area contributed by atoms with Crippen LogP contribution >= 0.6 is 0 Å². The van der Waals surface area contributed by atoms with E-state index in [1.54, 1.807) is 13.8 Å². The number of carbonyl (C=O) groups excluding carboxylic acids is 4. The number of primary amides is 1. The van der Waals surface area contributed by atoms with Gasteiger partial charge in [-0.2, -0.15) is 0 Å². The van der Waals surface area contributed by atoms with E-state index >= 15 is 0 Å². The fourth-order valence-electron chi connectivity index (χ4n) is 3.18. The summed E-state index contributed by atoms with van der Waals surface area (Å²) in [7, 11) is 0. The highest BCUT2D eigenvalue weighted by molar-refractivity contribution is 5.94. The van der Waals surface area contributed by atoms with Gasteiger partial charge < -0.3 is 37.2 Å². The summed E-state index contributed by atoms with van der Waals surface area (Å²) >= 11 is 0. The monoisotopic (exact) mass is 429 g/mol. The lowest BCUT2D eigenvalue weighted by molar-refractivity contribution is -0.143. The van der Waals surface area contributed by atoms with Gasteiger partial charge in [-0.3, -0.25) is 19.2 Å². The second kappa shape index (κ2) is 11.5. The Labute approximate surface area is 174 Å². The molecule has 4 amide bonds. The van der Waals surface area contributed by atoms with E-state index in [9.17, 15) is 29.1 Å². The minimum atomic E-state index is -1.34. The van der Waals surface area contributed by atoms with E-state index < -0.39 is 60.4 Å². The Morgan fingerprint density at radius 2 is 1.80 bits per heavy atom. The number of hydrogen-bond donors (Lipinski definition) is 6. The maximum absolute atomic E-state index is 12.8. The molecule has 1 aliphatic rings. The van der Waals surface area contributed by atoms with Crippen LogP contribution in [0.3, 0.4) is 0 Å². The molecule has 30 heavy (non-hydrogen) atoms. The molecule has 0 spiro atoms. The molecule has 1 rings (SSSR count). The van der Waals surface area contributed by atoms with Gasteiger partial charge in [-0.15, -0.1) is 0 Å². The van der Waals surface area contributed by atoms with E-state index in [0.717, 1.165) is 0 Å². The van der Waals surface area contributed by atoms with Crippen molar-refractivity contribution >= 4 is 29.6 Å². The molecular formula is C18H31N5O7. The van der Waals surface area contributed by atoms with E-state index in [4.69, 9.17) is 16.6 Å². The highest BCUT2D eigenvalue weighted by atomic mass is 16.4. The molecule has 0 radical (unpaired) electrons. The van der Waals surface area contributed by atoms with Crippen molar-refractivity contribution in [3.8, 4) is 0 Å². The molecule has 170 valence electrons. The van der Waals surface area contributed by atoms with Crippen molar-refractivity contribution in [3.63, 3.8) is 0 Å². The standard InChI is InChI=1S/C18H31N5O7/c1-9(2)14(16(27)21-11(18(29)30)5-6-13(20)25)22-15(26)12-4-3-7-23(12)17(28)10(19)8-24/h9-12,14,24H,3-8,19H2,1-2H3,(H2,20,25)(H,21,27)(H,22,26)(H,29,30). The molecule has 8 N–H and O–H groups in total. The molecule has 12 heteroatoms. The fourth-order valence-corrected chi connectivity index (χ4v) is 3.18. The van der Waals surface area contributed by atoms with Gasteiger partial charge >= 0.3 is 5.97 Å². The third-order valence-corrected chi connectivity index (χ3v) is 4.89. The third kappa shape index (κ3) is 6.95. The molecule has 1 fully saturated rings. The van der Waals surface area contributed by atoms with E-state index in [1.807, 2.05) is 0 Å². The lowest BCUT2D eigenvalue weighted by atomic mass is 10.0. The number of likely N-dealkylation sites (tertiary alicyclic amines) is 1. The van der Waals surface area contributed by atoms with Crippen LogP contribution in [0.5, 0.6) is 0 Å². The summed E-state index contributed by atoms with van der Waals surface area (Å²) in [5, 5.41) is 23.2. The van der Waals surface area contributed by atoms with Crippen molar-refractivity contribution in [3.05, 3.63) is 0 Å². The summed E-state index contributed by atoms with van der Waals surface area (Å²) in [6, 6.07) is -4.37. The zero-order valence-corrected chi connectivity index (χ0v) is 17.2. The Hall–Kier alpha value is -2.73.